The Morgan fingerprint density at radius 1 is 0.402 bits per heavy atom. The number of amides is 4. The standard InChI is InChI=1S/C27H27N5O.C26H23F3N6O.C23H21N7O.C21H15F2N7O2/c1-17(2)23-7-5-6-8-24(23)26-28-15-21-14-25(33)31(27(21)29-26)16-20-9-11-22(12-10-20)32-19(4)13-18(3)30-32;1-15(2)22-19(5-4-10-30-22)23-31-12-18-11-21(36)35(25(18)33-23)13-16-6-8-17(9-7-16)24-32-20(14-34(24)3)26(27,28)29;1-15(2)21-19(4-3-9-24-21)22-25-13-17-12-20(31)29(23(17)28-22)14-16-5-7-18(8-6-16)30-26-10-11-27-30;22-21(23)32-20-16(2-1-7-24-20)18-25-11-14-10-17(31)29(19(14)28-18)12-13-3-5-15(6-4-13)30-26-8-9-27-30/h5-13,15,17H,14,16H2,1-4H3;4-10,12,14-15H,11,13H2,1-3H3;3-11,13,15H,12,14H2,1-2H3;1-9,11,21H,10,12H2. The van der Waals surface area contributed by atoms with Crippen molar-refractivity contribution < 1.29 is 45.9 Å². The summed E-state index contributed by atoms with van der Waals surface area (Å²) in [6.45, 7) is 15.1. The van der Waals surface area contributed by atoms with Crippen LogP contribution in [0.5, 0.6) is 5.88 Å². The van der Waals surface area contributed by atoms with Gasteiger partial charge >= 0.3 is 12.8 Å². The third kappa shape index (κ3) is 19.1. The third-order valence-electron chi connectivity index (χ3n) is 22.4. The van der Waals surface area contributed by atoms with Crippen LogP contribution in [0.4, 0.5) is 45.2 Å². The van der Waals surface area contributed by atoms with E-state index in [2.05, 4.69) is 121 Å². The summed E-state index contributed by atoms with van der Waals surface area (Å²) in [5.74, 6) is 4.88. The minimum Gasteiger partial charge on any atom is -0.416 e. The number of nitrogens with zero attached hydrogens (tertiary/aromatic N) is 25. The van der Waals surface area contributed by atoms with Gasteiger partial charge in [-0.15, -0.1) is 0 Å². The summed E-state index contributed by atoms with van der Waals surface area (Å²) < 4.78 is 72.3. The van der Waals surface area contributed by atoms with Crippen LogP contribution in [-0.4, -0.2) is 134 Å². The maximum atomic E-state index is 13.0. The molecule has 132 heavy (non-hydrogen) atoms. The molecule has 15 heterocycles. The molecule has 0 radical (unpaired) electrons. The van der Waals surface area contributed by atoms with Gasteiger partial charge < -0.3 is 9.30 Å². The minimum atomic E-state index is -4.51. The first-order valence-corrected chi connectivity index (χ1v) is 42.5. The van der Waals surface area contributed by atoms with Gasteiger partial charge in [0.25, 0.3) is 0 Å². The Morgan fingerprint density at radius 3 is 1.14 bits per heavy atom. The molecule has 5 aromatic carbocycles. The number of aryl methyl sites for hydroxylation is 3. The van der Waals surface area contributed by atoms with Crippen molar-refractivity contribution in [3.63, 3.8) is 0 Å². The molecule has 30 nitrogen and oxygen atoms in total. The number of halogens is 5. The average Bonchev–Trinajstić information content (AvgIpc) is 1.59. The fourth-order valence-corrected chi connectivity index (χ4v) is 15.9. The van der Waals surface area contributed by atoms with Gasteiger partial charge in [-0.3, -0.25) is 48.7 Å². The van der Waals surface area contributed by atoms with Crippen LogP contribution in [0.25, 0.3) is 74.0 Å². The molecule has 0 aliphatic carbocycles. The predicted molar refractivity (Wildman–Crippen MR) is 481 cm³/mol. The van der Waals surface area contributed by atoms with Crippen molar-refractivity contribution in [3.05, 3.63) is 317 Å². The van der Waals surface area contributed by atoms with E-state index < -0.39 is 18.5 Å². The lowest BCUT2D eigenvalue weighted by atomic mass is 9.97. The third-order valence-corrected chi connectivity index (χ3v) is 22.4. The molecular weight excluding hydrogens is 1690 g/mol. The van der Waals surface area contributed by atoms with Crippen molar-refractivity contribution in [3.8, 4) is 79.9 Å². The van der Waals surface area contributed by atoms with Crippen LogP contribution in [0.3, 0.4) is 0 Å². The van der Waals surface area contributed by atoms with Crippen LogP contribution < -0.4 is 24.3 Å². The number of aromatic nitrogens is 21. The zero-order valence-corrected chi connectivity index (χ0v) is 73.1. The summed E-state index contributed by atoms with van der Waals surface area (Å²) in [7, 11) is 1.52. The van der Waals surface area contributed by atoms with Gasteiger partial charge in [-0.25, -0.2) is 54.5 Å². The minimum absolute atomic E-state index is 0.0227. The summed E-state index contributed by atoms with van der Waals surface area (Å²) >= 11 is 0. The first kappa shape index (κ1) is 87.9. The molecule has 16 aromatic rings. The fraction of sp³-hybridized carbons (Fsp3) is 0.227. The number of pyridine rings is 3. The molecule has 0 N–H and O–H groups in total. The van der Waals surface area contributed by atoms with E-state index in [1.807, 2.05) is 142 Å². The molecule has 0 spiro atoms. The molecule has 4 amide bonds. The highest BCUT2D eigenvalue weighted by Gasteiger charge is 2.38. The summed E-state index contributed by atoms with van der Waals surface area (Å²) in [4.78, 5) is 114. The molecule has 11 aromatic heterocycles. The number of hydrogen-bond acceptors (Lipinski definition) is 22. The summed E-state index contributed by atoms with van der Waals surface area (Å²) in [6, 6.07) is 51.4. The molecule has 0 fully saturated rings. The van der Waals surface area contributed by atoms with Crippen molar-refractivity contribution >= 4 is 46.9 Å². The predicted octanol–water partition coefficient (Wildman–Crippen LogP) is 16.5. The maximum absolute atomic E-state index is 13.0. The molecule has 664 valence electrons. The summed E-state index contributed by atoms with van der Waals surface area (Å²) in [5, 5.41) is 21.0. The van der Waals surface area contributed by atoms with E-state index in [9.17, 15) is 41.1 Å². The highest BCUT2D eigenvalue weighted by Crippen LogP contribution is 2.40. The number of hydrogen-bond donors (Lipinski definition) is 0. The van der Waals surface area contributed by atoms with Crippen LogP contribution in [0, 0.1) is 13.8 Å². The Balaban J connectivity index is 0.000000123. The van der Waals surface area contributed by atoms with Crippen LogP contribution in [0.15, 0.2) is 238 Å². The summed E-state index contributed by atoms with van der Waals surface area (Å²) in [6.07, 6.45) is 15.6. The number of benzene rings is 5. The van der Waals surface area contributed by atoms with Gasteiger partial charge in [-0.05, 0) is 138 Å². The summed E-state index contributed by atoms with van der Waals surface area (Å²) in [5.41, 5.74) is 17.2. The lowest BCUT2D eigenvalue weighted by Crippen LogP contribution is -2.26. The quantitative estimate of drug-likeness (QED) is 0.0603. The topological polar surface area (TPSA) is 329 Å². The second kappa shape index (κ2) is 37.7. The molecule has 0 saturated heterocycles. The molecule has 0 saturated carbocycles. The normalized spacial score (nSPS) is 13.2. The number of fused-ring (bicyclic) bond motifs is 4. The number of ether oxygens (including phenoxy) is 1. The van der Waals surface area contributed by atoms with Crippen molar-refractivity contribution in [2.24, 2.45) is 7.05 Å². The van der Waals surface area contributed by atoms with Crippen molar-refractivity contribution in [1.29, 1.82) is 0 Å². The van der Waals surface area contributed by atoms with Gasteiger partial charge in [-0.2, -0.15) is 57.0 Å². The Morgan fingerprint density at radius 2 is 0.765 bits per heavy atom. The van der Waals surface area contributed by atoms with E-state index in [1.165, 1.54) is 40.4 Å². The molecule has 0 unspecified atom stereocenters. The van der Waals surface area contributed by atoms with Gasteiger partial charge in [0.15, 0.2) is 29.0 Å². The Labute approximate surface area is 754 Å². The van der Waals surface area contributed by atoms with Gasteiger partial charge in [0.1, 0.15) is 29.1 Å². The van der Waals surface area contributed by atoms with E-state index in [1.54, 1.807) is 110 Å². The molecule has 35 heteroatoms. The largest absolute Gasteiger partial charge is 0.434 e. The molecule has 4 aliphatic heterocycles. The maximum Gasteiger partial charge on any atom is 0.434 e. The SMILES string of the molecule is CC(C)c1ncccc1-c1ncc2c(n1)N(Cc1ccc(-c3nc(C(F)(F)F)cn3C)cc1)C(=O)C2.CC(C)c1ncccc1-c1ncc2c(n1)N(Cc1ccc(-n3nccn3)cc1)C(=O)C2.Cc1cc(C)n(-c2ccc(CN3C(=O)Cc4cnc(-c5ccccc5C(C)C)nc43)cc2)n1.O=C1Cc2cnc(-c3cccnc3OC(F)F)nc2N1Cc1ccc(-n2nccn2)cc1. The lowest BCUT2D eigenvalue weighted by molar-refractivity contribution is -0.141. The molecule has 4 aliphatic rings. The zero-order valence-electron chi connectivity index (χ0n) is 73.1. The number of alkyl halides is 5. The van der Waals surface area contributed by atoms with E-state index in [4.69, 9.17) is 15.0 Å². The molecule has 20 rings (SSSR count). The monoisotopic (exact) mass is 1780 g/mol. The van der Waals surface area contributed by atoms with E-state index >= 15 is 0 Å². The highest BCUT2D eigenvalue weighted by atomic mass is 19.4. The van der Waals surface area contributed by atoms with Crippen molar-refractivity contribution in [1.82, 2.24) is 104 Å². The molecule has 0 atom stereocenters. The number of imidazole rings is 1. The van der Waals surface area contributed by atoms with Gasteiger partial charge in [0.05, 0.1) is 116 Å². The second-order valence-corrected chi connectivity index (χ2v) is 32.7. The average molecular weight is 1780 g/mol. The fourth-order valence-electron chi connectivity index (χ4n) is 15.9. The molecular formula is C97H86F5N25O5. The zero-order chi connectivity index (χ0) is 92.2. The number of carbonyl (C=O) groups excluding carboxylic acids is 4. The Hall–Kier alpha value is -16.1. The van der Waals surface area contributed by atoms with E-state index in [0.29, 0.717) is 90.3 Å². The van der Waals surface area contributed by atoms with Crippen LogP contribution in [0.2, 0.25) is 0 Å². The van der Waals surface area contributed by atoms with Gasteiger partial charge in [-0.1, -0.05) is 126 Å². The Bertz CT molecular complexity index is 6930. The highest BCUT2D eigenvalue weighted by molar-refractivity contribution is 6.03. The first-order valence-electron chi connectivity index (χ1n) is 42.5. The van der Waals surface area contributed by atoms with Crippen molar-refractivity contribution in [2.75, 3.05) is 19.6 Å². The van der Waals surface area contributed by atoms with Crippen LogP contribution in [0.1, 0.15) is 138 Å². The number of rotatable bonds is 21. The second-order valence-electron chi connectivity index (χ2n) is 32.7. The first-order chi connectivity index (χ1) is 63.7. The number of carbonyl (C=O) groups is 4. The van der Waals surface area contributed by atoms with Crippen LogP contribution in [-0.2, 0) is 84.3 Å². The number of anilines is 4. The molecule has 0 bridgehead atoms. The van der Waals surface area contributed by atoms with Gasteiger partial charge in [0.2, 0.25) is 29.5 Å². The smallest absolute Gasteiger partial charge is 0.416 e. The van der Waals surface area contributed by atoms with E-state index in [0.717, 1.165) is 102 Å². The Kier molecular flexibility index (Phi) is 25.1. The lowest BCUT2D eigenvalue weighted by Gasteiger charge is -2.18. The van der Waals surface area contributed by atoms with Gasteiger partial charge in [0, 0.05) is 107 Å². The van der Waals surface area contributed by atoms with Crippen LogP contribution >= 0.6 is 0 Å². The van der Waals surface area contributed by atoms with Crippen molar-refractivity contribution in [2.45, 2.75) is 138 Å². The van der Waals surface area contributed by atoms with E-state index in [-0.39, 0.29) is 77.9 Å².